The molecule has 0 unspecified atom stereocenters. The molecular formula is C20H18F3N3O2. The van der Waals surface area contributed by atoms with Gasteiger partial charge < -0.3 is 10.1 Å². The van der Waals surface area contributed by atoms with E-state index in [-0.39, 0.29) is 18.3 Å². The highest BCUT2D eigenvalue weighted by molar-refractivity contribution is 5.77. The number of ether oxygens (including phenoxy) is 1. The van der Waals surface area contributed by atoms with E-state index in [0.29, 0.717) is 13.0 Å². The molecule has 3 rings (SSSR count). The Balaban J connectivity index is 1.40. The van der Waals surface area contributed by atoms with Crippen LogP contribution in [0.15, 0.2) is 67.0 Å². The number of benzene rings is 2. The molecule has 3 aromatic rings. The molecule has 1 heterocycles. The van der Waals surface area contributed by atoms with Crippen molar-refractivity contribution in [3.8, 4) is 11.4 Å². The molecule has 0 saturated carbocycles. The second-order valence-electron chi connectivity index (χ2n) is 6.03. The third kappa shape index (κ3) is 5.35. The quantitative estimate of drug-likeness (QED) is 0.671. The maximum Gasteiger partial charge on any atom is 0.416 e. The van der Waals surface area contributed by atoms with Crippen LogP contribution in [-0.2, 0) is 17.4 Å². The van der Waals surface area contributed by atoms with Crippen molar-refractivity contribution >= 4 is 5.91 Å². The predicted octanol–water partition coefficient (Wildman–Crippen LogP) is 3.63. The molecule has 2 aromatic carbocycles. The number of alkyl halides is 3. The van der Waals surface area contributed by atoms with Gasteiger partial charge >= 0.3 is 6.18 Å². The SMILES string of the molecule is O=C(COc1ccc(C(F)(F)F)cc1)NCCc1ccc(-n2cccn2)cc1. The van der Waals surface area contributed by atoms with E-state index in [9.17, 15) is 18.0 Å². The van der Waals surface area contributed by atoms with Crippen molar-refractivity contribution < 1.29 is 22.7 Å². The van der Waals surface area contributed by atoms with Crippen LogP contribution in [0.2, 0.25) is 0 Å². The number of carbonyl (C=O) groups excluding carboxylic acids is 1. The normalized spacial score (nSPS) is 11.2. The first-order valence-electron chi connectivity index (χ1n) is 8.57. The minimum absolute atomic E-state index is 0.206. The average molecular weight is 389 g/mol. The Bertz CT molecular complexity index is 890. The molecule has 0 atom stereocenters. The van der Waals surface area contributed by atoms with Crippen LogP contribution in [0.3, 0.4) is 0 Å². The summed E-state index contributed by atoms with van der Waals surface area (Å²) in [6.07, 6.45) is -0.194. The molecule has 0 saturated heterocycles. The second kappa shape index (κ2) is 8.60. The van der Waals surface area contributed by atoms with Crippen molar-refractivity contribution in [2.75, 3.05) is 13.2 Å². The van der Waals surface area contributed by atoms with Crippen LogP contribution in [-0.4, -0.2) is 28.8 Å². The number of nitrogens with zero attached hydrogens (tertiary/aromatic N) is 2. The summed E-state index contributed by atoms with van der Waals surface area (Å²) in [4.78, 5) is 11.8. The van der Waals surface area contributed by atoms with Crippen molar-refractivity contribution in [2.45, 2.75) is 12.6 Å². The molecule has 0 fully saturated rings. The molecule has 146 valence electrons. The Morgan fingerprint density at radius 2 is 1.79 bits per heavy atom. The summed E-state index contributed by atoms with van der Waals surface area (Å²) in [7, 11) is 0. The highest BCUT2D eigenvalue weighted by atomic mass is 19.4. The number of carbonyl (C=O) groups is 1. The molecule has 1 amide bonds. The van der Waals surface area contributed by atoms with Crippen molar-refractivity contribution in [2.24, 2.45) is 0 Å². The first-order chi connectivity index (χ1) is 13.4. The van der Waals surface area contributed by atoms with Crippen LogP contribution >= 0.6 is 0 Å². The minimum Gasteiger partial charge on any atom is -0.484 e. The Morgan fingerprint density at radius 1 is 1.07 bits per heavy atom. The highest BCUT2D eigenvalue weighted by Gasteiger charge is 2.30. The lowest BCUT2D eigenvalue weighted by Crippen LogP contribution is -2.30. The van der Waals surface area contributed by atoms with Crippen LogP contribution in [0.1, 0.15) is 11.1 Å². The van der Waals surface area contributed by atoms with Gasteiger partial charge in [0.2, 0.25) is 0 Å². The van der Waals surface area contributed by atoms with E-state index in [1.807, 2.05) is 36.5 Å². The molecule has 5 nitrogen and oxygen atoms in total. The second-order valence-corrected chi connectivity index (χ2v) is 6.03. The maximum absolute atomic E-state index is 12.5. The van der Waals surface area contributed by atoms with E-state index >= 15 is 0 Å². The van der Waals surface area contributed by atoms with Gasteiger partial charge in [-0.2, -0.15) is 18.3 Å². The van der Waals surface area contributed by atoms with Crippen LogP contribution in [0, 0.1) is 0 Å². The summed E-state index contributed by atoms with van der Waals surface area (Å²) in [6, 6.07) is 13.9. The van der Waals surface area contributed by atoms with Gasteiger partial charge in [-0.1, -0.05) is 12.1 Å². The highest BCUT2D eigenvalue weighted by Crippen LogP contribution is 2.30. The van der Waals surface area contributed by atoms with E-state index in [4.69, 9.17) is 4.74 Å². The average Bonchev–Trinajstić information content (AvgIpc) is 3.21. The van der Waals surface area contributed by atoms with Gasteiger partial charge in [0, 0.05) is 18.9 Å². The monoisotopic (exact) mass is 389 g/mol. The molecule has 28 heavy (non-hydrogen) atoms. The lowest BCUT2D eigenvalue weighted by atomic mass is 10.1. The summed E-state index contributed by atoms with van der Waals surface area (Å²) in [5.41, 5.74) is 1.24. The Hall–Kier alpha value is -3.29. The number of rotatable bonds is 7. The summed E-state index contributed by atoms with van der Waals surface area (Å²) in [5, 5.41) is 6.87. The summed E-state index contributed by atoms with van der Waals surface area (Å²) >= 11 is 0. The van der Waals surface area contributed by atoms with Gasteiger partial charge in [-0.25, -0.2) is 4.68 Å². The Kier molecular flexibility index (Phi) is 5.98. The van der Waals surface area contributed by atoms with Gasteiger partial charge in [-0.15, -0.1) is 0 Å². The van der Waals surface area contributed by atoms with E-state index in [2.05, 4.69) is 10.4 Å². The molecule has 0 aliphatic carbocycles. The number of hydrogen-bond donors (Lipinski definition) is 1. The first kappa shape index (κ1) is 19.5. The van der Waals surface area contributed by atoms with Gasteiger partial charge in [0.25, 0.3) is 5.91 Å². The lowest BCUT2D eigenvalue weighted by molar-refractivity contribution is -0.137. The molecule has 0 aliphatic heterocycles. The van der Waals surface area contributed by atoms with Gasteiger partial charge in [0.1, 0.15) is 5.75 Å². The molecule has 0 aliphatic rings. The summed E-state index contributed by atoms with van der Waals surface area (Å²) in [6.45, 7) is 0.167. The summed E-state index contributed by atoms with van der Waals surface area (Å²) < 4.78 is 44.5. The van der Waals surface area contributed by atoms with Crippen molar-refractivity contribution in [3.05, 3.63) is 78.1 Å². The zero-order valence-electron chi connectivity index (χ0n) is 14.8. The van der Waals surface area contributed by atoms with Crippen LogP contribution < -0.4 is 10.1 Å². The van der Waals surface area contributed by atoms with Gasteiger partial charge in [0.05, 0.1) is 11.3 Å². The molecular weight excluding hydrogens is 371 g/mol. The van der Waals surface area contributed by atoms with Crippen LogP contribution in [0.5, 0.6) is 5.75 Å². The molecule has 1 N–H and O–H groups in total. The smallest absolute Gasteiger partial charge is 0.416 e. The van der Waals surface area contributed by atoms with E-state index in [1.165, 1.54) is 12.1 Å². The molecule has 0 radical (unpaired) electrons. The van der Waals surface area contributed by atoms with Crippen molar-refractivity contribution in [1.82, 2.24) is 15.1 Å². The van der Waals surface area contributed by atoms with Gasteiger partial charge in [-0.3, -0.25) is 4.79 Å². The van der Waals surface area contributed by atoms with Crippen LogP contribution in [0.25, 0.3) is 5.69 Å². The third-order valence-electron chi connectivity index (χ3n) is 3.99. The van der Waals surface area contributed by atoms with Gasteiger partial charge in [-0.05, 0) is 54.4 Å². The van der Waals surface area contributed by atoms with Crippen molar-refractivity contribution in [3.63, 3.8) is 0 Å². The number of hydrogen-bond acceptors (Lipinski definition) is 3. The van der Waals surface area contributed by atoms with Gasteiger partial charge in [0.15, 0.2) is 6.61 Å². The number of aromatic nitrogens is 2. The minimum atomic E-state index is -4.40. The zero-order chi connectivity index (χ0) is 20.0. The maximum atomic E-state index is 12.5. The third-order valence-corrected chi connectivity index (χ3v) is 3.99. The first-order valence-corrected chi connectivity index (χ1v) is 8.57. The Morgan fingerprint density at radius 3 is 2.39 bits per heavy atom. The Labute approximate surface area is 159 Å². The van der Waals surface area contributed by atoms with E-state index < -0.39 is 11.7 Å². The number of amides is 1. The number of nitrogens with one attached hydrogen (secondary N) is 1. The predicted molar refractivity (Wildman–Crippen MR) is 97.2 cm³/mol. The number of halogens is 3. The molecule has 0 spiro atoms. The molecule has 8 heteroatoms. The fourth-order valence-electron chi connectivity index (χ4n) is 2.52. The zero-order valence-corrected chi connectivity index (χ0v) is 14.8. The largest absolute Gasteiger partial charge is 0.484 e. The van der Waals surface area contributed by atoms with Crippen molar-refractivity contribution in [1.29, 1.82) is 0 Å². The van der Waals surface area contributed by atoms with Crippen LogP contribution in [0.4, 0.5) is 13.2 Å². The topological polar surface area (TPSA) is 56.1 Å². The van der Waals surface area contributed by atoms with E-state index in [1.54, 1.807) is 10.9 Å². The standard InChI is InChI=1S/C20H18F3N3O2/c21-20(22,23)16-4-8-18(9-5-16)28-14-19(27)24-12-10-15-2-6-17(7-3-15)26-13-1-11-25-26/h1-9,11,13H,10,12,14H2,(H,24,27). The fourth-order valence-corrected chi connectivity index (χ4v) is 2.52. The van der Waals surface area contributed by atoms with E-state index in [0.717, 1.165) is 23.4 Å². The molecule has 0 bridgehead atoms. The lowest BCUT2D eigenvalue weighted by Gasteiger charge is -2.10. The summed E-state index contributed by atoms with van der Waals surface area (Å²) in [5.74, 6) is -0.134. The fraction of sp³-hybridized carbons (Fsp3) is 0.200. The molecule has 1 aromatic heterocycles.